The van der Waals surface area contributed by atoms with E-state index in [0.29, 0.717) is 25.4 Å². The number of nitrogens with zero attached hydrogens (tertiary/aromatic N) is 1. The van der Waals surface area contributed by atoms with Crippen molar-refractivity contribution in [2.24, 2.45) is 0 Å². The molecule has 1 aromatic heterocycles. The van der Waals surface area contributed by atoms with Crippen molar-refractivity contribution in [2.75, 3.05) is 19.8 Å². The van der Waals surface area contributed by atoms with E-state index >= 15 is 0 Å². The number of hydrogen-bond donors (Lipinski definition) is 1. The van der Waals surface area contributed by atoms with Crippen molar-refractivity contribution in [1.29, 1.82) is 0 Å². The lowest BCUT2D eigenvalue weighted by Gasteiger charge is -2.31. The van der Waals surface area contributed by atoms with Gasteiger partial charge in [0.15, 0.2) is 0 Å². The summed E-state index contributed by atoms with van der Waals surface area (Å²) < 4.78 is 11.1. The molecule has 0 radical (unpaired) electrons. The zero-order valence-electron chi connectivity index (χ0n) is 12.6. The lowest BCUT2D eigenvalue weighted by atomic mass is 10.0. The van der Waals surface area contributed by atoms with E-state index in [4.69, 9.17) is 9.47 Å². The maximum atomic E-state index is 12.6. The Morgan fingerprint density at radius 3 is 3.23 bits per heavy atom. The normalized spacial score (nSPS) is 21.7. The maximum Gasteiger partial charge on any atom is 0.252 e. The molecule has 0 bridgehead atoms. The van der Waals surface area contributed by atoms with Crippen LogP contribution in [0.25, 0.3) is 10.8 Å². The van der Waals surface area contributed by atoms with E-state index in [2.05, 4.69) is 10.3 Å². The number of nitrogens with one attached hydrogen (secondary N) is 1. The van der Waals surface area contributed by atoms with Crippen molar-refractivity contribution in [1.82, 2.24) is 10.3 Å². The number of amides is 1. The summed E-state index contributed by atoms with van der Waals surface area (Å²) in [5.41, 5.74) is 0.668. The van der Waals surface area contributed by atoms with E-state index in [0.717, 1.165) is 17.2 Å². The van der Waals surface area contributed by atoms with Crippen molar-refractivity contribution in [3.8, 4) is 0 Å². The number of aromatic nitrogens is 1. The van der Waals surface area contributed by atoms with Gasteiger partial charge in [0.1, 0.15) is 6.10 Å². The summed E-state index contributed by atoms with van der Waals surface area (Å²) in [6.45, 7) is 3.73. The average molecular weight is 300 g/mol. The molecule has 2 heterocycles. The quantitative estimate of drug-likeness (QED) is 0.940. The molecule has 0 aliphatic carbocycles. The molecule has 5 nitrogen and oxygen atoms in total. The van der Waals surface area contributed by atoms with E-state index in [-0.39, 0.29) is 18.1 Å². The predicted octanol–water partition coefficient (Wildman–Crippen LogP) is 2.16. The highest BCUT2D eigenvalue weighted by molar-refractivity contribution is 6.06. The van der Waals surface area contributed by atoms with Crippen molar-refractivity contribution in [2.45, 2.75) is 25.5 Å². The molecule has 1 fully saturated rings. The third kappa shape index (κ3) is 3.10. The Bertz CT molecular complexity index is 652. The highest BCUT2D eigenvalue weighted by Gasteiger charge is 2.28. The van der Waals surface area contributed by atoms with Gasteiger partial charge in [-0.2, -0.15) is 0 Å². The summed E-state index contributed by atoms with van der Waals surface area (Å²) in [6, 6.07) is 7.53. The van der Waals surface area contributed by atoms with Gasteiger partial charge in [0.2, 0.25) is 0 Å². The average Bonchev–Trinajstić information content (AvgIpc) is 2.56. The second kappa shape index (κ2) is 6.85. The first-order chi connectivity index (χ1) is 10.8. The first-order valence-electron chi connectivity index (χ1n) is 7.62. The second-order valence-corrected chi connectivity index (χ2v) is 5.34. The van der Waals surface area contributed by atoms with Crippen LogP contribution in [0.15, 0.2) is 36.7 Å². The van der Waals surface area contributed by atoms with Crippen LogP contribution in [-0.2, 0) is 9.47 Å². The van der Waals surface area contributed by atoms with Crippen molar-refractivity contribution >= 4 is 16.7 Å². The second-order valence-electron chi connectivity index (χ2n) is 5.34. The number of carbonyl (C=O) groups excluding carboxylic acids is 1. The van der Waals surface area contributed by atoms with Gasteiger partial charge < -0.3 is 14.8 Å². The summed E-state index contributed by atoms with van der Waals surface area (Å²) >= 11 is 0. The van der Waals surface area contributed by atoms with Crippen LogP contribution in [0.5, 0.6) is 0 Å². The molecule has 3 rings (SSSR count). The van der Waals surface area contributed by atoms with E-state index in [1.165, 1.54) is 0 Å². The Kier molecular flexibility index (Phi) is 4.65. The molecule has 1 amide bonds. The molecule has 1 saturated heterocycles. The first kappa shape index (κ1) is 14.9. The summed E-state index contributed by atoms with van der Waals surface area (Å²) in [5, 5.41) is 4.97. The molecule has 1 aliphatic heterocycles. The zero-order chi connectivity index (χ0) is 15.4. The fourth-order valence-corrected chi connectivity index (χ4v) is 2.82. The third-order valence-corrected chi connectivity index (χ3v) is 3.93. The topological polar surface area (TPSA) is 60.5 Å². The summed E-state index contributed by atoms with van der Waals surface area (Å²) in [7, 11) is 0. The van der Waals surface area contributed by atoms with E-state index in [1.54, 1.807) is 12.4 Å². The van der Waals surface area contributed by atoms with Gasteiger partial charge in [0.05, 0.1) is 12.6 Å². The van der Waals surface area contributed by atoms with Crippen LogP contribution < -0.4 is 5.32 Å². The predicted molar refractivity (Wildman–Crippen MR) is 83.8 cm³/mol. The van der Waals surface area contributed by atoms with E-state index < -0.39 is 0 Å². The molecule has 0 unspecified atom stereocenters. The van der Waals surface area contributed by atoms with Gasteiger partial charge in [-0.15, -0.1) is 0 Å². The summed E-state index contributed by atoms with van der Waals surface area (Å²) in [5.74, 6) is -0.0756. The fourth-order valence-electron chi connectivity index (χ4n) is 2.82. The van der Waals surface area contributed by atoms with Crippen molar-refractivity contribution < 1.29 is 14.3 Å². The number of rotatable bonds is 4. The number of carbonyl (C=O) groups is 1. The minimum atomic E-state index is -0.0839. The Balaban J connectivity index is 1.80. The smallest absolute Gasteiger partial charge is 0.252 e. The molecule has 1 N–H and O–H groups in total. The highest BCUT2D eigenvalue weighted by Crippen LogP contribution is 2.19. The van der Waals surface area contributed by atoms with Crippen LogP contribution in [0.4, 0.5) is 0 Å². The summed E-state index contributed by atoms with van der Waals surface area (Å²) in [4.78, 5) is 16.7. The molecule has 116 valence electrons. The lowest BCUT2D eigenvalue weighted by molar-refractivity contribution is -0.0632. The van der Waals surface area contributed by atoms with Crippen LogP contribution in [0, 0.1) is 0 Å². The lowest BCUT2D eigenvalue weighted by Crippen LogP contribution is -2.50. The Labute approximate surface area is 129 Å². The molecule has 2 aromatic rings. The molecule has 1 aliphatic rings. The first-order valence-corrected chi connectivity index (χ1v) is 7.62. The van der Waals surface area contributed by atoms with Gasteiger partial charge in [-0.1, -0.05) is 12.1 Å². The molecular weight excluding hydrogens is 280 g/mol. The molecule has 1 aromatic carbocycles. The Hall–Kier alpha value is -1.98. The number of ether oxygens (including phenoxy) is 2. The van der Waals surface area contributed by atoms with E-state index in [9.17, 15) is 4.79 Å². The molecule has 5 heteroatoms. The van der Waals surface area contributed by atoms with Crippen molar-refractivity contribution in [3.05, 3.63) is 42.2 Å². The monoisotopic (exact) mass is 300 g/mol. The maximum absolute atomic E-state index is 12.6. The third-order valence-electron chi connectivity index (χ3n) is 3.93. The number of hydrogen-bond acceptors (Lipinski definition) is 4. The number of benzene rings is 1. The minimum Gasteiger partial charge on any atom is -0.379 e. The number of fused-ring (bicyclic) bond motifs is 1. The summed E-state index contributed by atoms with van der Waals surface area (Å²) in [6.07, 6.45) is 4.15. The van der Waals surface area contributed by atoms with Gasteiger partial charge >= 0.3 is 0 Å². The molecule has 0 spiro atoms. The van der Waals surface area contributed by atoms with Crippen LogP contribution in [0.1, 0.15) is 23.7 Å². The van der Waals surface area contributed by atoms with Crippen LogP contribution >= 0.6 is 0 Å². The van der Waals surface area contributed by atoms with Gasteiger partial charge in [0.25, 0.3) is 5.91 Å². The Morgan fingerprint density at radius 2 is 2.36 bits per heavy atom. The van der Waals surface area contributed by atoms with Gasteiger partial charge in [-0.05, 0) is 30.9 Å². The van der Waals surface area contributed by atoms with Crippen LogP contribution in [0.3, 0.4) is 0 Å². The van der Waals surface area contributed by atoms with Gasteiger partial charge in [-0.25, -0.2) is 0 Å². The molecular formula is C17H20N2O3. The SMILES string of the molecule is CCO[C@@H]1COCC[C@H]1NC(=O)c1cccc2cnccc12. The van der Waals surface area contributed by atoms with Gasteiger partial charge in [-0.3, -0.25) is 9.78 Å². The van der Waals surface area contributed by atoms with Gasteiger partial charge in [0, 0.05) is 36.6 Å². The largest absolute Gasteiger partial charge is 0.379 e. The van der Waals surface area contributed by atoms with E-state index in [1.807, 2.05) is 31.2 Å². The highest BCUT2D eigenvalue weighted by atomic mass is 16.5. The molecule has 22 heavy (non-hydrogen) atoms. The molecule has 2 atom stereocenters. The Morgan fingerprint density at radius 1 is 1.45 bits per heavy atom. The fraction of sp³-hybridized carbons (Fsp3) is 0.412. The molecule has 0 saturated carbocycles. The standard InChI is InChI=1S/C17H20N2O3/c1-2-22-16-11-21-9-7-15(16)19-17(20)14-5-3-4-12-10-18-8-6-13(12)14/h3-6,8,10,15-16H,2,7,9,11H2,1H3,(H,19,20)/t15-,16-/m1/s1. The van der Waals surface area contributed by atoms with Crippen molar-refractivity contribution in [3.63, 3.8) is 0 Å². The zero-order valence-corrected chi connectivity index (χ0v) is 12.6. The van der Waals surface area contributed by atoms with Crippen LogP contribution in [0.2, 0.25) is 0 Å². The van der Waals surface area contributed by atoms with Crippen LogP contribution in [-0.4, -0.2) is 42.9 Å². The number of pyridine rings is 1. The minimum absolute atomic E-state index is 0.0155.